The zero-order valence-corrected chi connectivity index (χ0v) is 17.7. The molecule has 5 heteroatoms. The summed E-state index contributed by atoms with van der Waals surface area (Å²) in [4.78, 5) is 17.2. The number of carbonyl (C=O) groups is 1. The highest BCUT2D eigenvalue weighted by Crippen LogP contribution is 2.28. The van der Waals surface area contributed by atoms with E-state index in [9.17, 15) is 4.79 Å². The maximum atomic E-state index is 12.7. The Balaban J connectivity index is 0.00000280. The fourth-order valence-corrected chi connectivity index (χ4v) is 4.06. The second-order valence-corrected chi connectivity index (χ2v) is 7.58. The van der Waals surface area contributed by atoms with Crippen LogP contribution in [0.15, 0.2) is 54.6 Å². The van der Waals surface area contributed by atoms with E-state index >= 15 is 0 Å². The molecule has 4 nitrogen and oxygen atoms in total. The van der Waals surface area contributed by atoms with Crippen molar-refractivity contribution in [1.29, 1.82) is 0 Å². The molecule has 1 aliphatic rings. The summed E-state index contributed by atoms with van der Waals surface area (Å²) in [5, 5.41) is 0. The number of halogens is 1. The first-order valence-corrected chi connectivity index (χ1v) is 10.0. The van der Waals surface area contributed by atoms with Crippen molar-refractivity contribution in [2.45, 2.75) is 39.2 Å². The van der Waals surface area contributed by atoms with Crippen LogP contribution in [0.3, 0.4) is 0 Å². The molecule has 1 fully saturated rings. The third kappa shape index (κ3) is 5.49. The van der Waals surface area contributed by atoms with E-state index < -0.39 is 0 Å². The lowest BCUT2D eigenvalue weighted by atomic mass is 9.91. The Morgan fingerprint density at radius 1 is 1.14 bits per heavy atom. The minimum Gasteiger partial charge on any atom is -0.399 e. The number of likely N-dealkylation sites (tertiary alicyclic amines) is 1. The van der Waals surface area contributed by atoms with Gasteiger partial charge in [0.15, 0.2) is 0 Å². The summed E-state index contributed by atoms with van der Waals surface area (Å²) in [6, 6.07) is 18.6. The maximum Gasteiger partial charge on any atom is 0.226 e. The number of amides is 1. The van der Waals surface area contributed by atoms with Gasteiger partial charge >= 0.3 is 0 Å². The molecule has 2 aromatic rings. The Morgan fingerprint density at radius 3 is 2.43 bits per heavy atom. The molecule has 0 bridgehead atoms. The fraction of sp³-hybridized carbons (Fsp3) is 0.435. The normalized spacial score (nSPS) is 19.6. The van der Waals surface area contributed by atoms with Gasteiger partial charge in [-0.25, -0.2) is 0 Å². The number of para-hydroxylation sites is 1. The first-order valence-electron chi connectivity index (χ1n) is 10.0. The lowest BCUT2D eigenvalue weighted by Crippen LogP contribution is -2.52. The summed E-state index contributed by atoms with van der Waals surface area (Å²) >= 11 is 0. The molecule has 1 saturated heterocycles. The molecular weight excluding hydrogens is 370 g/mol. The van der Waals surface area contributed by atoms with Crippen LogP contribution in [0.4, 0.5) is 11.4 Å². The van der Waals surface area contributed by atoms with E-state index in [0.29, 0.717) is 12.3 Å². The average Bonchev–Trinajstić information content (AvgIpc) is 2.70. The monoisotopic (exact) mass is 401 g/mol. The van der Waals surface area contributed by atoms with Gasteiger partial charge in [0.1, 0.15) is 0 Å². The molecule has 28 heavy (non-hydrogen) atoms. The van der Waals surface area contributed by atoms with Crippen molar-refractivity contribution in [2.75, 3.05) is 30.3 Å². The number of nitrogen functional groups attached to an aromatic ring is 1. The van der Waals surface area contributed by atoms with Crippen molar-refractivity contribution >= 4 is 29.7 Å². The van der Waals surface area contributed by atoms with E-state index in [4.69, 9.17) is 5.73 Å². The Kier molecular flexibility index (Phi) is 8.34. The van der Waals surface area contributed by atoms with Crippen molar-refractivity contribution in [3.63, 3.8) is 0 Å². The lowest BCUT2D eigenvalue weighted by molar-refractivity contribution is -0.119. The summed E-state index contributed by atoms with van der Waals surface area (Å²) in [5.41, 5.74) is 8.93. The van der Waals surface area contributed by atoms with Crippen molar-refractivity contribution in [3.8, 4) is 0 Å². The van der Waals surface area contributed by atoms with Gasteiger partial charge in [0.25, 0.3) is 0 Å². The fourth-order valence-electron chi connectivity index (χ4n) is 4.06. The van der Waals surface area contributed by atoms with Crippen molar-refractivity contribution in [1.82, 2.24) is 4.90 Å². The molecule has 2 unspecified atom stereocenters. The number of hydrogen-bond donors (Lipinski definition) is 1. The number of nitrogens with two attached hydrogens (primary N) is 1. The summed E-state index contributed by atoms with van der Waals surface area (Å²) in [6.45, 7) is 7.34. The predicted molar refractivity (Wildman–Crippen MR) is 120 cm³/mol. The van der Waals surface area contributed by atoms with Crippen LogP contribution >= 0.6 is 12.4 Å². The Labute approximate surface area is 175 Å². The van der Waals surface area contributed by atoms with E-state index in [-0.39, 0.29) is 24.4 Å². The number of benzene rings is 2. The van der Waals surface area contributed by atoms with Crippen molar-refractivity contribution in [2.24, 2.45) is 5.92 Å². The Bertz CT molecular complexity index is 735. The van der Waals surface area contributed by atoms with Crippen LogP contribution in [0.1, 0.15) is 32.3 Å². The molecule has 152 valence electrons. The Hall–Kier alpha value is -2.04. The van der Waals surface area contributed by atoms with E-state index in [1.807, 2.05) is 54.3 Å². The molecule has 3 rings (SSSR count). The summed E-state index contributed by atoms with van der Waals surface area (Å²) in [5.74, 6) is 0.661. The Morgan fingerprint density at radius 2 is 1.82 bits per heavy atom. The largest absolute Gasteiger partial charge is 0.399 e. The van der Waals surface area contributed by atoms with Crippen molar-refractivity contribution < 1.29 is 4.79 Å². The van der Waals surface area contributed by atoms with E-state index in [0.717, 1.165) is 43.9 Å². The molecule has 1 aliphatic heterocycles. The minimum atomic E-state index is 0. The topological polar surface area (TPSA) is 49.6 Å². The second kappa shape index (κ2) is 10.5. The van der Waals surface area contributed by atoms with E-state index in [2.05, 4.69) is 24.0 Å². The SMILES string of the molecule is CCC(=O)N(c1ccccc1)C1CCN(CCc2ccc(N)cc2)CC1C.Cl. The zero-order valence-electron chi connectivity index (χ0n) is 16.9. The number of piperidine rings is 1. The molecule has 0 radical (unpaired) electrons. The first kappa shape index (κ1) is 22.3. The number of nitrogens with zero attached hydrogens (tertiary/aromatic N) is 2. The standard InChI is InChI=1S/C23H31N3O.ClH/c1-3-23(27)26(21-7-5-4-6-8-21)22-14-16-25(17-18(22)2)15-13-19-9-11-20(24)12-10-19;/h4-12,18,22H,3,13-17,24H2,1-2H3;1H. The molecular formula is C23H32ClN3O. The lowest BCUT2D eigenvalue weighted by Gasteiger charge is -2.42. The molecule has 2 aromatic carbocycles. The van der Waals surface area contributed by atoms with Crippen LogP contribution < -0.4 is 10.6 Å². The van der Waals surface area contributed by atoms with Crippen LogP contribution in [-0.4, -0.2) is 36.5 Å². The average molecular weight is 402 g/mol. The number of hydrogen-bond acceptors (Lipinski definition) is 3. The van der Waals surface area contributed by atoms with E-state index in [1.54, 1.807) is 0 Å². The molecule has 0 aromatic heterocycles. The van der Waals surface area contributed by atoms with Gasteiger partial charge in [-0.1, -0.05) is 44.2 Å². The third-order valence-electron chi connectivity index (χ3n) is 5.58. The second-order valence-electron chi connectivity index (χ2n) is 7.58. The molecule has 2 N–H and O–H groups in total. The van der Waals surface area contributed by atoms with Crippen LogP contribution in [0.2, 0.25) is 0 Å². The first-order chi connectivity index (χ1) is 13.1. The molecule has 0 saturated carbocycles. The molecule has 0 aliphatic carbocycles. The van der Waals surface area contributed by atoms with E-state index in [1.165, 1.54) is 5.56 Å². The predicted octanol–water partition coefficient (Wildman–Crippen LogP) is 4.39. The molecule has 1 heterocycles. The van der Waals surface area contributed by atoms with Crippen molar-refractivity contribution in [3.05, 3.63) is 60.2 Å². The molecule has 2 atom stereocenters. The highest BCUT2D eigenvalue weighted by Gasteiger charge is 2.33. The third-order valence-corrected chi connectivity index (χ3v) is 5.58. The van der Waals surface area contributed by atoms with Gasteiger partial charge in [-0.3, -0.25) is 4.79 Å². The van der Waals surface area contributed by atoms with Crippen LogP contribution in [0.5, 0.6) is 0 Å². The van der Waals surface area contributed by atoms with Gasteiger partial charge < -0.3 is 15.5 Å². The highest BCUT2D eigenvalue weighted by molar-refractivity contribution is 5.93. The van der Waals surface area contributed by atoms with Crippen LogP contribution in [0, 0.1) is 5.92 Å². The summed E-state index contributed by atoms with van der Waals surface area (Å²) < 4.78 is 0. The zero-order chi connectivity index (χ0) is 19.2. The van der Waals surface area contributed by atoms with Gasteiger partial charge in [0.2, 0.25) is 5.91 Å². The minimum absolute atomic E-state index is 0. The maximum absolute atomic E-state index is 12.7. The number of rotatable bonds is 6. The summed E-state index contributed by atoms with van der Waals surface area (Å²) in [7, 11) is 0. The van der Waals surface area contributed by atoms with Crippen LogP contribution in [-0.2, 0) is 11.2 Å². The van der Waals surface area contributed by atoms with Gasteiger partial charge in [-0.15, -0.1) is 12.4 Å². The van der Waals surface area contributed by atoms with Crippen LogP contribution in [0.25, 0.3) is 0 Å². The number of carbonyl (C=O) groups excluding carboxylic acids is 1. The number of anilines is 2. The highest BCUT2D eigenvalue weighted by atomic mass is 35.5. The van der Waals surface area contributed by atoms with Gasteiger partial charge in [-0.05, 0) is 48.6 Å². The molecule has 0 spiro atoms. The molecule has 1 amide bonds. The summed E-state index contributed by atoms with van der Waals surface area (Å²) in [6.07, 6.45) is 2.59. The van der Waals surface area contributed by atoms with Gasteiger partial charge in [0, 0.05) is 43.5 Å². The quantitative estimate of drug-likeness (QED) is 0.730. The smallest absolute Gasteiger partial charge is 0.226 e. The van der Waals surface area contributed by atoms with Gasteiger partial charge in [-0.2, -0.15) is 0 Å². The van der Waals surface area contributed by atoms with Gasteiger partial charge in [0.05, 0.1) is 0 Å².